The van der Waals surface area contributed by atoms with Crippen molar-refractivity contribution < 1.29 is 9.53 Å². The number of amides is 1. The molecule has 0 bridgehead atoms. The highest BCUT2D eigenvalue weighted by Gasteiger charge is 2.37. The van der Waals surface area contributed by atoms with Gasteiger partial charge in [-0.3, -0.25) is 4.79 Å². The summed E-state index contributed by atoms with van der Waals surface area (Å²) in [6, 6.07) is 11.0. The molecule has 1 aliphatic heterocycles. The third-order valence-corrected chi connectivity index (χ3v) is 5.45. The van der Waals surface area contributed by atoms with E-state index < -0.39 is 5.92 Å². The fourth-order valence-corrected chi connectivity index (χ4v) is 4.06. The van der Waals surface area contributed by atoms with E-state index in [2.05, 4.69) is 26.7 Å². The number of methoxy groups -OCH3 is 1. The van der Waals surface area contributed by atoms with Crippen LogP contribution in [-0.2, 0) is 17.6 Å². The van der Waals surface area contributed by atoms with Crippen LogP contribution in [0.5, 0.6) is 5.88 Å². The minimum Gasteiger partial charge on any atom is -0.481 e. The molecule has 8 nitrogen and oxygen atoms in total. The van der Waals surface area contributed by atoms with Crippen LogP contribution >= 0.6 is 0 Å². The van der Waals surface area contributed by atoms with Crippen LogP contribution in [0.1, 0.15) is 40.4 Å². The van der Waals surface area contributed by atoms with Gasteiger partial charge in [0, 0.05) is 17.4 Å². The third-order valence-electron chi connectivity index (χ3n) is 5.45. The molecule has 0 radical (unpaired) electrons. The van der Waals surface area contributed by atoms with Gasteiger partial charge in [-0.25, -0.2) is 15.0 Å². The van der Waals surface area contributed by atoms with Crippen LogP contribution in [0.4, 0.5) is 17.3 Å². The lowest BCUT2D eigenvalue weighted by Gasteiger charge is -2.15. The Balaban J connectivity index is 1.57. The van der Waals surface area contributed by atoms with E-state index in [1.54, 1.807) is 37.6 Å². The van der Waals surface area contributed by atoms with Gasteiger partial charge in [0.05, 0.1) is 36.3 Å². The van der Waals surface area contributed by atoms with Crippen molar-refractivity contribution in [1.29, 1.82) is 5.26 Å². The summed E-state index contributed by atoms with van der Waals surface area (Å²) in [7, 11) is 1.56. The molecular formula is C22H18N6O2. The summed E-state index contributed by atoms with van der Waals surface area (Å²) in [5, 5.41) is 15.4. The maximum atomic E-state index is 12.9. The molecule has 3 aromatic rings. The number of hydrogen-bond donors (Lipinski definition) is 2. The van der Waals surface area contributed by atoms with Gasteiger partial charge in [0.1, 0.15) is 5.92 Å². The van der Waals surface area contributed by atoms with Crippen LogP contribution in [0, 0.1) is 11.3 Å². The topological polar surface area (TPSA) is 113 Å². The second kappa shape index (κ2) is 7.12. The summed E-state index contributed by atoms with van der Waals surface area (Å²) in [5.74, 6) is 0.251. The Morgan fingerprint density at radius 3 is 2.90 bits per heavy atom. The molecule has 1 amide bonds. The molecule has 0 saturated heterocycles. The van der Waals surface area contributed by atoms with Gasteiger partial charge in [-0.2, -0.15) is 5.26 Å². The zero-order valence-corrected chi connectivity index (χ0v) is 16.3. The first-order valence-electron chi connectivity index (χ1n) is 9.68. The second-order valence-corrected chi connectivity index (χ2v) is 7.26. The highest BCUT2D eigenvalue weighted by atomic mass is 16.5. The lowest BCUT2D eigenvalue weighted by Crippen LogP contribution is -2.18. The van der Waals surface area contributed by atoms with Crippen LogP contribution in [0.15, 0.2) is 36.5 Å². The Bertz CT molecular complexity index is 1200. The van der Waals surface area contributed by atoms with Crippen LogP contribution in [0.2, 0.25) is 0 Å². The zero-order valence-electron chi connectivity index (χ0n) is 16.3. The number of carbonyl (C=O) groups excluding carboxylic acids is 1. The Morgan fingerprint density at radius 1 is 1.23 bits per heavy atom. The van der Waals surface area contributed by atoms with E-state index >= 15 is 0 Å². The van der Waals surface area contributed by atoms with Gasteiger partial charge in [-0.1, -0.05) is 0 Å². The fraction of sp³-hybridized carbons (Fsp3) is 0.227. The molecule has 1 atom stereocenters. The molecule has 0 fully saturated rings. The highest BCUT2D eigenvalue weighted by molar-refractivity contribution is 6.05. The summed E-state index contributed by atoms with van der Waals surface area (Å²) < 4.78 is 5.09. The molecule has 2 N–H and O–H groups in total. The predicted octanol–water partition coefficient (Wildman–Crippen LogP) is 3.07. The number of fused-ring (bicyclic) bond motifs is 2. The van der Waals surface area contributed by atoms with Crippen molar-refractivity contribution in [3.63, 3.8) is 0 Å². The number of pyridine rings is 1. The fourth-order valence-electron chi connectivity index (χ4n) is 4.06. The standard InChI is InChI=1S/C22H18N6O2/c1-30-18-8-6-13(11-24-18)25-22-27-16-4-2-3-14(16)20(28-22)19-15-9-12(10-23)5-7-17(15)26-21(19)29/h5-9,11,19H,2-4H2,1H3,(H,26,29)(H,25,27,28). The van der Waals surface area contributed by atoms with Crippen molar-refractivity contribution in [2.45, 2.75) is 25.2 Å². The largest absolute Gasteiger partial charge is 0.481 e. The van der Waals surface area contributed by atoms with Gasteiger partial charge in [-0.05, 0) is 54.7 Å². The van der Waals surface area contributed by atoms with Crippen molar-refractivity contribution in [1.82, 2.24) is 15.0 Å². The maximum Gasteiger partial charge on any atom is 0.238 e. The number of rotatable bonds is 4. The number of hydrogen-bond acceptors (Lipinski definition) is 7. The zero-order chi connectivity index (χ0) is 20.7. The number of benzene rings is 1. The molecule has 0 spiro atoms. The van der Waals surface area contributed by atoms with Crippen molar-refractivity contribution in [2.75, 3.05) is 17.7 Å². The molecule has 1 unspecified atom stereocenters. The Morgan fingerprint density at radius 2 is 2.13 bits per heavy atom. The number of aryl methyl sites for hydroxylation is 1. The van der Waals surface area contributed by atoms with Crippen molar-refractivity contribution >= 4 is 23.2 Å². The van der Waals surface area contributed by atoms with Gasteiger partial charge < -0.3 is 15.4 Å². The molecule has 1 aromatic carbocycles. The molecule has 0 saturated carbocycles. The lowest BCUT2D eigenvalue weighted by atomic mass is 9.92. The molecule has 2 aliphatic rings. The molecule has 8 heteroatoms. The van der Waals surface area contributed by atoms with Gasteiger partial charge in [0.2, 0.25) is 17.7 Å². The molecule has 2 aromatic heterocycles. The van der Waals surface area contributed by atoms with E-state index in [4.69, 9.17) is 9.72 Å². The number of carbonyl (C=O) groups is 1. The summed E-state index contributed by atoms with van der Waals surface area (Å²) in [4.78, 5) is 26.5. The Kier molecular flexibility index (Phi) is 4.29. The van der Waals surface area contributed by atoms with Crippen LogP contribution in [0.25, 0.3) is 0 Å². The number of nitrogens with zero attached hydrogens (tertiary/aromatic N) is 4. The van der Waals surface area contributed by atoms with E-state index in [-0.39, 0.29) is 5.91 Å². The van der Waals surface area contributed by atoms with Gasteiger partial charge in [-0.15, -0.1) is 0 Å². The summed E-state index contributed by atoms with van der Waals surface area (Å²) >= 11 is 0. The van der Waals surface area contributed by atoms with Gasteiger partial charge in [0.25, 0.3) is 0 Å². The Hall–Kier alpha value is -3.99. The average molecular weight is 398 g/mol. The number of anilines is 3. The monoisotopic (exact) mass is 398 g/mol. The highest BCUT2D eigenvalue weighted by Crippen LogP contribution is 2.40. The number of nitriles is 1. The normalized spacial score (nSPS) is 16.4. The van der Waals surface area contributed by atoms with Crippen molar-refractivity contribution in [3.05, 3.63) is 64.6 Å². The van der Waals surface area contributed by atoms with Gasteiger partial charge >= 0.3 is 0 Å². The molecule has 5 rings (SSSR count). The Labute approximate surface area is 173 Å². The third kappa shape index (κ3) is 3.01. The maximum absolute atomic E-state index is 12.9. The van der Waals surface area contributed by atoms with Crippen LogP contribution in [0.3, 0.4) is 0 Å². The molecule has 30 heavy (non-hydrogen) atoms. The number of aromatic nitrogens is 3. The van der Waals surface area contributed by atoms with E-state index in [0.29, 0.717) is 23.1 Å². The summed E-state index contributed by atoms with van der Waals surface area (Å²) in [6.45, 7) is 0. The second-order valence-electron chi connectivity index (χ2n) is 7.26. The molecule has 1 aliphatic carbocycles. The predicted molar refractivity (Wildman–Crippen MR) is 110 cm³/mol. The van der Waals surface area contributed by atoms with E-state index in [1.165, 1.54) is 0 Å². The minimum atomic E-state index is -0.558. The average Bonchev–Trinajstić information content (AvgIpc) is 3.36. The van der Waals surface area contributed by atoms with E-state index in [1.807, 2.05) is 6.07 Å². The molecule has 3 heterocycles. The summed E-state index contributed by atoms with van der Waals surface area (Å²) in [6.07, 6.45) is 4.31. The molecule has 148 valence electrons. The van der Waals surface area contributed by atoms with E-state index in [0.717, 1.165) is 47.5 Å². The smallest absolute Gasteiger partial charge is 0.238 e. The lowest BCUT2D eigenvalue weighted by molar-refractivity contribution is -0.116. The van der Waals surface area contributed by atoms with Crippen molar-refractivity contribution in [3.8, 4) is 11.9 Å². The van der Waals surface area contributed by atoms with Crippen LogP contribution < -0.4 is 15.4 Å². The molecular weight excluding hydrogens is 380 g/mol. The van der Waals surface area contributed by atoms with E-state index in [9.17, 15) is 10.1 Å². The first kappa shape index (κ1) is 18.1. The first-order chi connectivity index (χ1) is 14.7. The summed E-state index contributed by atoms with van der Waals surface area (Å²) in [5.41, 5.74) is 5.44. The quantitative estimate of drug-likeness (QED) is 0.694. The van der Waals surface area contributed by atoms with Crippen LogP contribution in [-0.4, -0.2) is 28.0 Å². The first-order valence-corrected chi connectivity index (χ1v) is 9.68. The number of ether oxygens (including phenoxy) is 1. The van der Waals surface area contributed by atoms with Gasteiger partial charge in [0.15, 0.2) is 0 Å². The SMILES string of the molecule is COc1ccc(Nc2nc3c(c(C4C(=O)Nc5ccc(C#N)cc54)n2)CCC3)cn1. The minimum absolute atomic E-state index is 0.134. The van der Waals surface area contributed by atoms with Crippen molar-refractivity contribution in [2.24, 2.45) is 0 Å². The number of nitrogens with one attached hydrogen (secondary N) is 2.